The molecule has 1 saturated heterocycles. The lowest BCUT2D eigenvalue weighted by Gasteiger charge is -2.36. The Labute approximate surface area is 132 Å². The van der Waals surface area contributed by atoms with Crippen LogP contribution in [0.3, 0.4) is 0 Å². The molecule has 1 aromatic carbocycles. The number of halogens is 2. The summed E-state index contributed by atoms with van der Waals surface area (Å²) in [6, 6.07) is 4.82. The second-order valence-corrected chi connectivity index (χ2v) is 8.28. The Morgan fingerprint density at radius 2 is 2.15 bits per heavy atom. The molecule has 0 N–H and O–H groups in total. The van der Waals surface area contributed by atoms with Crippen molar-refractivity contribution in [3.8, 4) is 0 Å². The van der Waals surface area contributed by atoms with Crippen molar-refractivity contribution in [2.75, 3.05) is 13.2 Å². The van der Waals surface area contributed by atoms with Gasteiger partial charge < -0.3 is 4.74 Å². The topological polar surface area (TPSA) is 46.6 Å². The fourth-order valence-corrected chi connectivity index (χ4v) is 5.68. The van der Waals surface area contributed by atoms with Crippen LogP contribution in [0.1, 0.15) is 19.3 Å². The molecule has 0 aromatic heterocycles. The zero-order valence-electron chi connectivity index (χ0n) is 10.8. The van der Waals surface area contributed by atoms with Gasteiger partial charge in [-0.1, -0.05) is 27.5 Å². The first-order valence-corrected chi connectivity index (χ1v) is 9.20. The molecule has 1 heterocycles. The average Bonchev–Trinajstić information content (AvgIpc) is 2.85. The number of ether oxygens (including phenoxy) is 1. The summed E-state index contributed by atoms with van der Waals surface area (Å²) in [4.78, 5) is 0.176. The quantitative estimate of drug-likeness (QED) is 0.792. The maximum atomic E-state index is 12.8. The first-order chi connectivity index (χ1) is 9.50. The summed E-state index contributed by atoms with van der Waals surface area (Å²) in [5.74, 6) is 0. The van der Waals surface area contributed by atoms with Crippen molar-refractivity contribution in [1.29, 1.82) is 0 Å². The van der Waals surface area contributed by atoms with Gasteiger partial charge >= 0.3 is 0 Å². The SMILES string of the molecule is O=S(=O)(c1ccc(Br)cc1Cl)N1CCOC2CCCC21. The Balaban J connectivity index is 1.98. The number of nitrogens with zero attached hydrogens (tertiary/aromatic N) is 1. The van der Waals surface area contributed by atoms with E-state index in [4.69, 9.17) is 16.3 Å². The molecule has 2 unspecified atom stereocenters. The largest absolute Gasteiger partial charge is 0.375 e. The van der Waals surface area contributed by atoms with E-state index >= 15 is 0 Å². The van der Waals surface area contributed by atoms with Crippen LogP contribution in [0.4, 0.5) is 0 Å². The highest BCUT2D eigenvalue weighted by atomic mass is 79.9. The molecule has 2 fully saturated rings. The minimum atomic E-state index is -3.56. The Morgan fingerprint density at radius 3 is 2.90 bits per heavy atom. The van der Waals surface area contributed by atoms with Gasteiger partial charge in [-0.15, -0.1) is 0 Å². The van der Waals surface area contributed by atoms with Gasteiger partial charge in [0, 0.05) is 11.0 Å². The molecule has 0 bridgehead atoms. The molecule has 2 aliphatic rings. The third-order valence-electron chi connectivity index (χ3n) is 3.91. The van der Waals surface area contributed by atoms with Crippen molar-refractivity contribution in [1.82, 2.24) is 4.31 Å². The number of hydrogen-bond acceptors (Lipinski definition) is 3. The van der Waals surface area contributed by atoms with Crippen molar-refractivity contribution >= 4 is 37.6 Å². The molecule has 3 rings (SSSR count). The average molecular weight is 381 g/mol. The van der Waals surface area contributed by atoms with Gasteiger partial charge in [-0.3, -0.25) is 0 Å². The number of fused-ring (bicyclic) bond motifs is 1. The van der Waals surface area contributed by atoms with E-state index in [0.29, 0.717) is 13.2 Å². The summed E-state index contributed by atoms with van der Waals surface area (Å²) >= 11 is 9.40. The number of rotatable bonds is 2. The summed E-state index contributed by atoms with van der Waals surface area (Å²) in [5.41, 5.74) is 0. The van der Waals surface area contributed by atoms with E-state index in [-0.39, 0.29) is 22.1 Å². The zero-order valence-corrected chi connectivity index (χ0v) is 13.9. The fraction of sp³-hybridized carbons (Fsp3) is 0.538. The highest BCUT2D eigenvalue weighted by molar-refractivity contribution is 9.10. The third kappa shape index (κ3) is 2.52. The Bertz CT molecular complexity index is 622. The molecule has 1 aromatic rings. The summed E-state index contributed by atoms with van der Waals surface area (Å²) in [6.07, 6.45) is 2.84. The smallest absolute Gasteiger partial charge is 0.244 e. The van der Waals surface area contributed by atoms with Crippen molar-refractivity contribution in [3.63, 3.8) is 0 Å². The lowest BCUT2D eigenvalue weighted by Crippen LogP contribution is -2.51. The monoisotopic (exact) mass is 379 g/mol. The Hall–Kier alpha value is -0.140. The van der Waals surface area contributed by atoms with E-state index in [2.05, 4.69) is 15.9 Å². The normalized spacial score (nSPS) is 27.5. The summed E-state index contributed by atoms with van der Waals surface area (Å²) in [6.45, 7) is 0.852. The summed E-state index contributed by atoms with van der Waals surface area (Å²) in [5, 5.41) is 0.250. The van der Waals surface area contributed by atoms with Gasteiger partial charge in [0.1, 0.15) is 4.90 Å². The number of benzene rings is 1. The molecule has 0 radical (unpaired) electrons. The van der Waals surface area contributed by atoms with Crippen molar-refractivity contribution in [2.45, 2.75) is 36.3 Å². The Kier molecular flexibility index (Phi) is 4.12. The van der Waals surface area contributed by atoms with E-state index in [0.717, 1.165) is 23.7 Å². The second kappa shape index (κ2) is 5.57. The van der Waals surface area contributed by atoms with Gasteiger partial charge in [0.05, 0.1) is 23.8 Å². The highest BCUT2D eigenvalue weighted by Crippen LogP contribution is 2.35. The van der Waals surface area contributed by atoms with Crippen LogP contribution in [0.5, 0.6) is 0 Å². The van der Waals surface area contributed by atoms with E-state index in [1.807, 2.05) is 0 Å². The molecule has 2 atom stereocenters. The minimum absolute atomic E-state index is 0.0350. The first-order valence-electron chi connectivity index (χ1n) is 6.58. The predicted octanol–water partition coefficient (Wildman–Crippen LogP) is 3.04. The van der Waals surface area contributed by atoms with Crippen LogP contribution < -0.4 is 0 Å². The second-order valence-electron chi connectivity index (χ2n) is 5.10. The maximum Gasteiger partial charge on any atom is 0.244 e. The molecular formula is C13H15BrClNO3S. The molecule has 20 heavy (non-hydrogen) atoms. The fourth-order valence-electron chi connectivity index (χ4n) is 3.00. The van der Waals surface area contributed by atoms with E-state index in [1.54, 1.807) is 22.5 Å². The van der Waals surface area contributed by atoms with Gasteiger partial charge in [0.25, 0.3) is 0 Å². The standard InChI is InChI=1S/C13H15BrClNO3S/c14-9-4-5-13(10(15)8-9)20(17,18)16-6-7-19-12-3-1-2-11(12)16/h4-5,8,11-12H,1-3,6-7H2. The predicted molar refractivity (Wildman–Crippen MR) is 80.4 cm³/mol. The lowest BCUT2D eigenvalue weighted by molar-refractivity contribution is -0.0241. The molecule has 4 nitrogen and oxygen atoms in total. The highest BCUT2D eigenvalue weighted by Gasteiger charge is 2.42. The van der Waals surface area contributed by atoms with Crippen LogP contribution >= 0.6 is 27.5 Å². The maximum absolute atomic E-state index is 12.8. The van der Waals surface area contributed by atoms with Gasteiger partial charge in [0.2, 0.25) is 10.0 Å². The number of sulfonamides is 1. The van der Waals surface area contributed by atoms with Crippen LogP contribution in [0.2, 0.25) is 5.02 Å². The van der Waals surface area contributed by atoms with Gasteiger partial charge in [-0.05, 0) is 37.5 Å². The van der Waals surface area contributed by atoms with Crippen LogP contribution in [0.25, 0.3) is 0 Å². The van der Waals surface area contributed by atoms with Crippen molar-refractivity contribution in [3.05, 3.63) is 27.7 Å². The van der Waals surface area contributed by atoms with Crippen LogP contribution in [-0.2, 0) is 14.8 Å². The van der Waals surface area contributed by atoms with Crippen LogP contribution in [0, 0.1) is 0 Å². The molecule has 1 aliphatic heterocycles. The summed E-state index contributed by atoms with van der Waals surface area (Å²) in [7, 11) is -3.56. The van der Waals surface area contributed by atoms with Crippen molar-refractivity contribution in [2.24, 2.45) is 0 Å². The van der Waals surface area contributed by atoms with Gasteiger partial charge in [-0.2, -0.15) is 4.31 Å². The molecule has 7 heteroatoms. The van der Waals surface area contributed by atoms with E-state index in [9.17, 15) is 8.42 Å². The minimum Gasteiger partial charge on any atom is -0.375 e. The summed E-state index contributed by atoms with van der Waals surface area (Å²) < 4.78 is 33.7. The lowest BCUT2D eigenvalue weighted by atomic mass is 10.2. The third-order valence-corrected chi connectivity index (χ3v) is 6.81. The van der Waals surface area contributed by atoms with Gasteiger partial charge in [-0.25, -0.2) is 8.42 Å². The number of hydrogen-bond donors (Lipinski definition) is 0. The van der Waals surface area contributed by atoms with Crippen molar-refractivity contribution < 1.29 is 13.2 Å². The number of morpholine rings is 1. The molecule has 1 saturated carbocycles. The van der Waals surface area contributed by atoms with Gasteiger partial charge in [0.15, 0.2) is 0 Å². The Morgan fingerprint density at radius 1 is 1.35 bits per heavy atom. The molecule has 110 valence electrons. The van der Waals surface area contributed by atoms with Crippen LogP contribution in [-0.4, -0.2) is 38.0 Å². The molecule has 1 aliphatic carbocycles. The first kappa shape index (κ1) is 14.8. The van der Waals surface area contributed by atoms with E-state index < -0.39 is 10.0 Å². The van der Waals surface area contributed by atoms with Crippen LogP contribution in [0.15, 0.2) is 27.6 Å². The zero-order chi connectivity index (χ0) is 14.3. The molecular weight excluding hydrogens is 366 g/mol. The van der Waals surface area contributed by atoms with E-state index in [1.165, 1.54) is 0 Å². The molecule has 0 amide bonds. The molecule has 0 spiro atoms.